The lowest BCUT2D eigenvalue weighted by Crippen LogP contribution is -2.27. The van der Waals surface area contributed by atoms with Crippen molar-refractivity contribution in [3.05, 3.63) is 118 Å². The van der Waals surface area contributed by atoms with Crippen molar-refractivity contribution < 1.29 is 14.4 Å². The number of fused-ring (bicyclic) bond motifs is 1. The van der Waals surface area contributed by atoms with Gasteiger partial charge in [0.25, 0.3) is 11.8 Å². The molecule has 2 heterocycles. The van der Waals surface area contributed by atoms with E-state index in [4.69, 9.17) is 0 Å². The van der Waals surface area contributed by atoms with E-state index in [1.807, 2.05) is 55.5 Å². The van der Waals surface area contributed by atoms with Crippen LogP contribution in [0.15, 0.2) is 84.9 Å². The highest BCUT2D eigenvalue weighted by Crippen LogP contribution is 2.31. The number of aromatic nitrogens is 2. The number of aryl methyl sites for hydroxylation is 1. The van der Waals surface area contributed by atoms with Gasteiger partial charge in [0, 0.05) is 16.7 Å². The van der Waals surface area contributed by atoms with Crippen molar-refractivity contribution >= 4 is 23.5 Å². The third kappa shape index (κ3) is 4.61. The van der Waals surface area contributed by atoms with Crippen LogP contribution in [-0.4, -0.2) is 32.4 Å². The lowest BCUT2D eigenvalue weighted by molar-refractivity contribution is -0.115. The first kappa shape index (κ1) is 22.3. The molecule has 2 amide bonds. The minimum Gasteiger partial charge on any atom is -0.328 e. The first-order valence-electron chi connectivity index (χ1n) is 11.4. The van der Waals surface area contributed by atoms with E-state index in [0.717, 1.165) is 11.1 Å². The Bertz CT molecular complexity index is 1390. The van der Waals surface area contributed by atoms with Crippen LogP contribution in [-0.2, 0) is 24.3 Å². The SMILES string of the molecule is Cc1ccc(C(=O)N2Cc3c(NC(=O)Cc4ccccc4)nn(C(=O)c4ccccc4)c3C2)cc1. The Hall–Kier alpha value is -4.52. The van der Waals surface area contributed by atoms with Crippen molar-refractivity contribution in [2.45, 2.75) is 26.4 Å². The van der Waals surface area contributed by atoms with Crippen LogP contribution in [0, 0.1) is 6.92 Å². The Kier molecular flexibility index (Phi) is 5.97. The summed E-state index contributed by atoms with van der Waals surface area (Å²) in [6, 6.07) is 25.6. The van der Waals surface area contributed by atoms with Crippen LogP contribution >= 0.6 is 0 Å². The third-order valence-corrected chi connectivity index (χ3v) is 6.04. The van der Waals surface area contributed by atoms with Gasteiger partial charge in [0.1, 0.15) is 0 Å². The fraction of sp³-hybridized carbons (Fsp3) is 0.143. The zero-order valence-corrected chi connectivity index (χ0v) is 19.3. The average molecular weight is 465 g/mol. The van der Waals surface area contributed by atoms with E-state index in [9.17, 15) is 14.4 Å². The maximum Gasteiger partial charge on any atom is 0.278 e. The molecule has 7 heteroatoms. The van der Waals surface area contributed by atoms with E-state index in [0.29, 0.717) is 28.2 Å². The molecule has 1 N–H and O–H groups in total. The smallest absolute Gasteiger partial charge is 0.278 e. The summed E-state index contributed by atoms with van der Waals surface area (Å²) in [5.74, 6) is -0.375. The Morgan fingerprint density at radius 2 is 1.43 bits per heavy atom. The highest BCUT2D eigenvalue weighted by molar-refractivity contribution is 5.99. The molecular weight excluding hydrogens is 440 g/mol. The monoisotopic (exact) mass is 464 g/mol. The fourth-order valence-corrected chi connectivity index (χ4v) is 4.19. The number of nitrogens with one attached hydrogen (secondary N) is 1. The minimum atomic E-state index is -0.310. The molecule has 35 heavy (non-hydrogen) atoms. The van der Waals surface area contributed by atoms with E-state index in [1.54, 1.807) is 41.3 Å². The number of anilines is 1. The van der Waals surface area contributed by atoms with E-state index in [1.165, 1.54) is 4.68 Å². The van der Waals surface area contributed by atoms with E-state index < -0.39 is 0 Å². The van der Waals surface area contributed by atoms with Crippen molar-refractivity contribution in [1.82, 2.24) is 14.7 Å². The van der Waals surface area contributed by atoms with Crippen LogP contribution < -0.4 is 5.32 Å². The number of carbonyl (C=O) groups excluding carboxylic acids is 3. The van der Waals surface area contributed by atoms with Gasteiger partial charge >= 0.3 is 0 Å². The normalized spacial score (nSPS) is 12.3. The van der Waals surface area contributed by atoms with Crippen molar-refractivity contribution in [1.29, 1.82) is 0 Å². The summed E-state index contributed by atoms with van der Waals surface area (Å²) in [4.78, 5) is 40.9. The van der Waals surface area contributed by atoms with Gasteiger partial charge in [0.05, 0.1) is 25.2 Å². The van der Waals surface area contributed by atoms with Crippen LogP contribution in [0.2, 0.25) is 0 Å². The highest BCUT2D eigenvalue weighted by Gasteiger charge is 2.33. The summed E-state index contributed by atoms with van der Waals surface area (Å²) >= 11 is 0. The van der Waals surface area contributed by atoms with Gasteiger partial charge in [-0.05, 0) is 36.8 Å². The molecule has 0 saturated carbocycles. The Morgan fingerprint density at radius 3 is 2.11 bits per heavy atom. The number of carbonyl (C=O) groups is 3. The van der Waals surface area contributed by atoms with E-state index in [-0.39, 0.29) is 37.2 Å². The fourth-order valence-electron chi connectivity index (χ4n) is 4.19. The molecule has 5 rings (SSSR count). The number of nitrogens with zero attached hydrogens (tertiary/aromatic N) is 3. The minimum absolute atomic E-state index is 0.138. The molecule has 1 aliphatic heterocycles. The molecule has 7 nitrogen and oxygen atoms in total. The molecule has 0 unspecified atom stereocenters. The summed E-state index contributed by atoms with van der Waals surface area (Å²) in [6.45, 7) is 2.45. The van der Waals surface area contributed by atoms with Gasteiger partial charge in [-0.3, -0.25) is 14.4 Å². The third-order valence-electron chi connectivity index (χ3n) is 6.04. The van der Waals surface area contributed by atoms with Crippen molar-refractivity contribution in [2.75, 3.05) is 5.32 Å². The predicted molar refractivity (Wildman–Crippen MR) is 132 cm³/mol. The predicted octanol–water partition coefficient (Wildman–Crippen LogP) is 4.22. The van der Waals surface area contributed by atoms with Crippen LogP contribution in [0.4, 0.5) is 5.82 Å². The molecule has 0 radical (unpaired) electrons. The lowest BCUT2D eigenvalue weighted by Gasteiger charge is -2.17. The van der Waals surface area contributed by atoms with Crippen LogP contribution in [0.25, 0.3) is 0 Å². The van der Waals surface area contributed by atoms with Gasteiger partial charge in [-0.15, -0.1) is 5.10 Å². The van der Waals surface area contributed by atoms with E-state index >= 15 is 0 Å². The van der Waals surface area contributed by atoms with Crippen molar-refractivity contribution in [2.24, 2.45) is 0 Å². The molecule has 1 aliphatic rings. The maximum atomic E-state index is 13.3. The second kappa shape index (κ2) is 9.38. The molecule has 0 fully saturated rings. The van der Waals surface area contributed by atoms with Gasteiger partial charge in [-0.25, -0.2) is 0 Å². The topological polar surface area (TPSA) is 84.3 Å². The van der Waals surface area contributed by atoms with Crippen LogP contribution in [0.1, 0.15) is 43.1 Å². The quantitative estimate of drug-likeness (QED) is 0.479. The second-order valence-electron chi connectivity index (χ2n) is 8.59. The molecule has 4 aromatic rings. The Balaban J connectivity index is 1.45. The van der Waals surface area contributed by atoms with Gasteiger partial charge in [-0.1, -0.05) is 66.2 Å². The Morgan fingerprint density at radius 1 is 0.800 bits per heavy atom. The van der Waals surface area contributed by atoms with Crippen LogP contribution in [0.5, 0.6) is 0 Å². The maximum absolute atomic E-state index is 13.3. The molecule has 0 aliphatic carbocycles. The van der Waals surface area contributed by atoms with E-state index in [2.05, 4.69) is 10.4 Å². The summed E-state index contributed by atoms with van der Waals surface area (Å²) in [5, 5.41) is 7.33. The molecule has 0 atom stereocenters. The number of hydrogen-bond donors (Lipinski definition) is 1. The standard InChI is InChI=1S/C28H24N4O3/c1-19-12-14-22(15-13-19)27(34)31-17-23-24(18-31)32(28(35)21-10-6-3-7-11-21)30-26(23)29-25(33)16-20-8-4-2-5-9-20/h2-15H,16-18H2,1H3,(H,29,30,33). The van der Waals surface area contributed by atoms with Crippen LogP contribution in [0.3, 0.4) is 0 Å². The first-order chi connectivity index (χ1) is 17.0. The molecule has 3 aromatic carbocycles. The summed E-state index contributed by atoms with van der Waals surface area (Å²) in [6.07, 6.45) is 0.182. The molecular formula is C28H24N4O3. The van der Waals surface area contributed by atoms with Crippen molar-refractivity contribution in [3.8, 4) is 0 Å². The molecule has 0 spiro atoms. The molecule has 174 valence electrons. The van der Waals surface area contributed by atoms with Gasteiger partial charge < -0.3 is 10.2 Å². The largest absolute Gasteiger partial charge is 0.328 e. The highest BCUT2D eigenvalue weighted by atomic mass is 16.2. The van der Waals surface area contributed by atoms with Gasteiger partial charge in [0.15, 0.2) is 5.82 Å². The number of hydrogen-bond acceptors (Lipinski definition) is 4. The van der Waals surface area contributed by atoms with Crippen molar-refractivity contribution in [3.63, 3.8) is 0 Å². The number of benzene rings is 3. The Labute approximate surface area is 203 Å². The molecule has 0 saturated heterocycles. The van der Waals surface area contributed by atoms with Gasteiger partial charge in [-0.2, -0.15) is 4.68 Å². The molecule has 1 aromatic heterocycles. The first-order valence-corrected chi connectivity index (χ1v) is 11.4. The second-order valence-corrected chi connectivity index (χ2v) is 8.59. The van der Waals surface area contributed by atoms with Gasteiger partial charge in [0.2, 0.25) is 5.91 Å². The molecule has 0 bridgehead atoms. The number of rotatable bonds is 5. The average Bonchev–Trinajstić information content (AvgIpc) is 3.45. The summed E-state index contributed by atoms with van der Waals surface area (Å²) in [7, 11) is 0. The summed E-state index contributed by atoms with van der Waals surface area (Å²) < 4.78 is 1.31. The zero-order chi connectivity index (χ0) is 24.4. The zero-order valence-electron chi connectivity index (χ0n) is 19.3. The number of amides is 2. The lowest BCUT2D eigenvalue weighted by atomic mass is 10.1. The summed E-state index contributed by atoms with van der Waals surface area (Å²) in [5.41, 5.74) is 4.27.